The summed E-state index contributed by atoms with van der Waals surface area (Å²) in [5, 5.41) is 2.14. The van der Waals surface area contributed by atoms with Gasteiger partial charge in [0.15, 0.2) is 4.62 Å². The van der Waals surface area contributed by atoms with Crippen LogP contribution in [0.2, 0.25) is 0 Å². The minimum atomic E-state index is -1.33. The van der Waals surface area contributed by atoms with Crippen molar-refractivity contribution in [3.63, 3.8) is 0 Å². The molecule has 0 bridgehead atoms. The molecule has 0 aliphatic carbocycles. The van der Waals surface area contributed by atoms with Gasteiger partial charge in [-0.15, -0.1) is 11.3 Å². The fourth-order valence-electron chi connectivity index (χ4n) is 1.72. The van der Waals surface area contributed by atoms with Crippen LogP contribution in [0.25, 0.3) is 0 Å². The predicted molar refractivity (Wildman–Crippen MR) is 61.1 cm³/mol. The van der Waals surface area contributed by atoms with Gasteiger partial charge in [-0.25, -0.2) is 4.52 Å². The van der Waals surface area contributed by atoms with Crippen LogP contribution in [0.5, 0.6) is 0 Å². The smallest absolute Gasteiger partial charge is 0.212 e. The molecule has 0 saturated heterocycles. The lowest BCUT2D eigenvalue weighted by Crippen LogP contribution is -2.07. The van der Waals surface area contributed by atoms with Crippen LogP contribution in [-0.2, 0) is 4.52 Å². The molecular weight excluding hydrogens is 199 g/mol. The van der Waals surface area contributed by atoms with Gasteiger partial charge in [-0.05, 0) is 30.0 Å². The van der Waals surface area contributed by atoms with Crippen LogP contribution in [0, 0.1) is 0 Å². The van der Waals surface area contributed by atoms with Gasteiger partial charge in [0, 0.05) is 6.42 Å². The van der Waals surface area contributed by atoms with Crippen LogP contribution >= 0.6 is 18.8 Å². The van der Waals surface area contributed by atoms with Crippen molar-refractivity contribution in [3.8, 4) is 0 Å². The Kier molecular flexibility index (Phi) is 2.55. The van der Waals surface area contributed by atoms with E-state index in [-0.39, 0.29) is 0 Å². The minimum Gasteiger partial charge on any atom is -0.230 e. The van der Waals surface area contributed by atoms with Gasteiger partial charge in [-0.1, -0.05) is 0 Å². The summed E-state index contributed by atoms with van der Waals surface area (Å²) in [6.45, 7) is 2.20. The third-order valence-corrected chi connectivity index (χ3v) is 7.68. The van der Waals surface area contributed by atoms with E-state index in [1.807, 2.05) is 18.4 Å². The van der Waals surface area contributed by atoms with Crippen molar-refractivity contribution in [3.05, 3.63) is 28.9 Å². The maximum absolute atomic E-state index is 5.76. The third-order valence-electron chi connectivity index (χ3n) is 2.47. The standard InChI is InChI=1S/C10H14OPS/c1-9-5-6-12(8-9,11-2)10-4-3-7-13-10/h3-4,7-8H,5-6H2,1-2H3/q+1. The molecule has 0 fully saturated rings. The number of hydrogen-bond acceptors (Lipinski definition) is 2. The Balaban J connectivity index is 2.37. The summed E-state index contributed by atoms with van der Waals surface area (Å²) in [7, 11) is 0.518. The van der Waals surface area contributed by atoms with E-state index >= 15 is 0 Å². The van der Waals surface area contributed by atoms with Crippen LogP contribution < -0.4 is 4.62 Å². The van der Waals surface area contributed by atoms with Crippen molar-refractivity contribution in [2.45, 2.75) is 13.3 Å². The Hall–Kier alpha value is -0.170. The lowest BCUT2D eigenvalue weighted by Gasteiger charge is -2.13. The summed E-state index contributed by atoms with van der Waals surface area (Å²) >= 11 is 1.83. The molecule has 1 aliphatic heterocycles. The summed E-state index contributed by atoms with van der Waals surface area (Å²) in [6, 6.07) is 4.32. The van der Waals surface area contributed by atoms with Gasteiger partial charge < -0.3 is 0 Å². The summed E-state index contributed by atoms with van der Waals surface area (Å²) < 4.78 is 7.20. The van der Waals surface area contributed by atoms with Crippen molar-refractivity contribution < 1.29 is 4.52 Å². The van der Waals surface area contributed by atoms with Gasteiger partial charge in [0.1, 0.15) is 0 Å². The van der Waals surface area contributed by atoms with Gasteiger partial charge in [0.05, 0.1) is 19.1 Å². The molecule has 0 aromatic carbocycles. The first-order valence-corrected chi connectivity index (χ1v) is 7.27. The summed E-state index contributed by atoms with van der Waals surface area (Å²) in [5.74, 6) is 2.37. The van der Waals surface area contributed by atoms with Crippen molar-refractivity contribution >= 4 is 23.4 Å². The highest BCUT2D eigenvalue weighted by atomic mass is 32.1. The van der Waals surface area contributed by atoms with Crippen LogP contribution in [0.4, 0.5) is 0 Å². The Morgan fingerprint density at radius 1 is 1.54 bits per heavy atom. The molecule has 1 nitrogen and oxygen atoms in total. The number of rotatable bonds is 2. The molecule has 2 heterocycles. The van der Waals surface area contributed by atoms with E-state index in [2.05, 4.69) is 30.3 Å². The van der Waals surface area contributed by atoms with E-state index in [4.69, 9.17) is 4.52 Å². The van der Waals surface area contributed by atoms with E-state index in [0.29, 0.717) is 0 Å². The lowest BCUT2D eigenvalue weighted by molar-refractivity contribution is 0.460. The molecule has 0 N–H and O–H groups in total. The maximum Gasteiger partial charge on any atom is 0.212 e. The molecule has 13 heavy (non-hydrogen) atoms. The Labute approximate surface area is 83.9 Å². The zero-order valence-electron chi connectivity index (χ0n) is 7.99. The topological polar surface area (TPSA) is 9.23 Å². The van der Waals surface area contributed by atoms with Gasteiger partial charge >= 0.3 is 0 Å². The highest BCUT2D eigenvalue weighted by molar-refractivity contribution is 7.85. The highest BCUT2D eigenvalue weighted by Crippen LogP contribution is 2.65. The first-order chi connectivity index (χ1) is 6.27. The minimum absolute atomic E-state index is 1.20. The zero-order valence-corrected chi connectivity index (χ0v) is 9.70. The molecule has 0 saturated carbocycles. The first kappa shape index (κ1) is 9.39. The number of thiophene rings is 1. The molecule has 2 rings (SSSR count). The van der Waals surface area contributed by atoms with Crippen LogP contribution in [-0.4, -0.2) is 13.3 Å². The largest absolute Gasteiger partial charge is 0.230 e. The molecule has 70 valence electrons. The second-order valence-electron chi connectivity index (χ2n) is 3.38. The van der Waals surface area contributed by atoms with Crippen molar-refractivity contribution in [2.75, 3.05) is 13.3 Å². The molecule has 0 radical (unpaired) electrons. The quantitative estimate of drug-likeness (QED) is 0.685. The summed E-state index contributed by atoms with van der Waals surface area (Å²) in [6.07, 6.45) is 2.41. The van der Waals surface area contributed by atoms with Gasteiger partial charge in [0.2, 0.25) is 7.49 Å². The lowest BCUT2D eigenvalue weighted by atomic mass is 10.3. The van der Waals surface area contributed by atoms with Gasteiger partial charge in [0.25, 0.3) is 0 Å². The van der Waals surface area contributed by atoms with E-state index in [1.54, 1.807) is 0 Å². The Morgan fingerprint density at radius 2 is 2.38 bits per heavy atom. The van der Waals surface area contributed by atoms with Crippen LogP contribution in [0.3, 0.4) is 0 Å². The van der Waals surface area contributed by atoms with E-state index < -0.39 is 7.49 Å². The first-order valence-electron chi connectivity index (χ1n) is 4.43. The molecule has 1 unspecified atom stereocenters. The fourth-order valence-corrected chi connectivity index (χ4v) is 6.54. The SMILES string of the molecule is CO[P+]1(c2cccs2)C=C(C)CC1. The average Bonchev–Trinajstić information content (AvgIpc) is 2.73. The molecule has 1 aromatic heterocycles. The monoisotopic (exact) mass is 213 g/mol. The molecule has 3 heteroatoms. The molecule has 1 aliphatic rings. The second kappa shape index (κ2) is 3.53. The molecule has 1 atom stereocenters. The van der Waals surface area contributed by atoms with Crippen molar-refractivity contribution in [2.24, 2.45) is 0 Å². The van der Waals surface area contributed by atoms with Crippen LogP contribution in [0.1, 0.15) is 13.3 Å². The van der Waals surface area contributed by atoms with Crippen LogP contribution in [0.15, 0.2) is 28.9 Å². The second-order valence-corrected chi connectivity index (χ2v) is 7.77. The molecule has 0 spiro atoms. The number of allylic oxidation sites excluding steroid dienone is 1. The summed E-state index contributed by atoms with van der Waals surface area (Å²) in [4.78, 5) is 0. The molecule has 0 amide bonds. The normalized spacial score (nSPS) is 27.7. The fraction of sp³-hybridized carbons (Fsp3) is 0.400. The van der Waals surface area contributed by atoms with Gasteiger partial charge in [-0.3, -0.25) is 0 Å². The zero-order chi connectivity index (χ0) is 9.31. The third kappa shape index (κ3) is 1.59. The van der Waals surface area contributed by atoms with E-state index in [9.17, 15) is 0 Å². The summed E-state index contributed by atoms with van der Waals surface area (Å²) in [5.41, 5.74) is 1.49. The van der Waals surface area contributed by atoms with Crippen molar-refractivity contribution in [1.82, 2.24) is 0 Å². The average molecular weight is 213 g/mol. The Morgan fingerprint density at radius 3 is 2.85 bits per heavy atom. The number of hydrogen-bond donors (Lipinski definition) is 0. The molecular formula is C10H14OPS+. The Bertz CT molecular complexity index is 318. The van der Waals surface area contributed by atoms with E-state index in [1.165, 1.54) is 22.8 Å². The van der Waals surface area contributed by atoms with Crippen molar-refractivity contribution in [1.29, 1.82) is 0 Å². The maximum atomic E-state index is 5.76. The molecule has 1 aromatic rings. The predicted octanol–water partition coefficient (Wildman–Crippen LogP) is 3.26. The van der Waals surface area contributed by atoms with E-state index in [0.717, 1.165) is 0 Å². The van der Waals surface area contributed by atoms with Gasteiger partial charge in [-0.2, -0.15) is 0 Å². The highest BCUT2D eigenvalue weighted by Gasteiger charge is 2.44.